The lowest BCUT2D eigenvalue weighted by Gasteiger charge is -2.13. The molecule has 0 aliphatic rings. The van der Waals surface area contributed by atoms with Crippen molar-refractivity contribution in [2.24, 2.45) is 0 Å². The maximum Gasteiger partial charge on any atom is 0.0708 e. The van der Waals surface area contributed by atoms with Gasteiger partial charge in [-0.05, 0) is 45.8 Å². The average Bonchev–Trinajstić information content (AvgIpc) is 2.74. The van der Waals surface area contributed by atoms with E-state index < -0.39 is 0 Å². The molecule has 5 rings (SSSR count). The molecular formula is C24H16N2. The molecule has 3 aromatic carbocycles. The van der Waals surface area contributed by atoms with Crippen LogP contribution < -0.4 is 0 Å². The number of aromatic nitrogens is 2. The number of benzene rings is 3. The Balaban J connectivity index is 1.96. The predicted octanol–water partition coefficient (Wildman–Crippen LogP) is 6.12. The Morgan fingerprint density at radius 3 is 1.35 bits per heavy atom. The van der Waals surface area contributed by atoms with E-state index in [4.69, 9.17) is 0 Å². The molecule has 0 atom stereocenters. The Hall–Kier alpha value is -3.52. The third-order valence-electron chi connectivity index (χ3n) is 4.77. The molecule has 0 fully saturated rings. The first-order valence-corrected chi connectivity index (χ1v) is 8.69. The van der Waals surface area contributed by atoms with E-state index in [0.717, 1.165) is 22.5 Å². The number of nitrogens with zero attached hydrogens (tertiary/aromatic N) is 2. The van der Waals surface area contributed by atoms with Gasteiger partial charge in [0.25, 0.3) is 0 Å². The van der Waals surface area contributed by atoms with Crippen molar-refractivity contribution in [1.82, 2.24) is 9.97 Å². The standard InChI is InChI=1S/C24H16N2/c1-3-15-25-21(11-1)19-9-5-7-17-13-14-18-8-6-10-20(24(18)23(17)19)22-12-2-4-16-26-22/h1-16H. The fraction of sp³-hybridized carbons (Fsp3) is 0. The third kappa shape index (κ3) is 2.35. The second kappa shape index (κ2) is 6.08. The summed E-state index contributed by atoms with van der Waals surface area (Å²) in [6.45, 7) is 0. The van der Waals surface area contributed by atoms with E-state index in [2.05, 4.69) is 70.6 Å². The van der Waals surface area contributed by atoms with Crippen molar-refractivity contribution in [3.05, 3.63) is 97.3 Å². The number of fused-ring (bicyclic) bond motifs is 3. The fourth-order valence-corrected chi connectivity index (χ4v) is 3.63. The molecule has 26 heavy (non-hydrogen) atoms. The van der Waals surface area contributed by atoms with E-state index in [0.29, 0.717) is 0 Å². The lowest BCUT2D eigenvalue weighted by molar-refractivity contribution is 1.33. The minimum Gasteiger partial charge on any atom is -0.256 e. The van der Waals surface area contributed by atoms with Gasteiger partial charge in [-0.3, -0.25) is 9.97 Å². The molecule has 0 bridgehead atoms. The first-order chi connectivity index (χ1) is 12.9. The molecule has 0 saturated carbocycles. The highest BCUT2D eigenvalue weighted by Gasteiger charge is 2.12. The molecular weight excluding hydrogens is 316 g/mol. The summed E-state index contributed by atoms with van der Waals surface area (Å²) >= 11 is 0. The van der Waals surface area contributed by atoms with Gasteiger partial charge in [0.1, 0.15) is 0 Å². The van der Waals surface area contributed by atoms with Gasteiger partial charge in [0, 0.05) is 23.5 Å². The monoisotopic (exact) mass is 332 g/mol. The van der Waals surface area contributed by atoms with Crippen molar-refractivity contribution >= 4 is 21.5 Å². The van der Waals surface area contributed by atoms with Crippen LogP contribution in [0.5, 0.6) is 0 Å². The van der Waals surface area contributed by atoms with Crippen LogP contribution in [0.2, 0.25) is 0 Å². The molecule has 2 nitrogen and oxygen atoms in total. The Morgan fingerprint density at radius 2 is 0.923 bits per heavy atom. The molecule has 2 heterocycles. The Labute approximate surface area is 151 Å². The van der Waals surface area contributed by atoms with Crippen molar-refractivity contribution < 1.29 is 0 Å². The highest BCUT2D eigenvalue weighted by Crippen LogP contribution is 2.38. The second-order valence-corrected chi connectivity index (χ2v) is 6.30. The van der Waals surface area contributed by atoms with E-state index in [-0.39, 0.29) is 0 Å². The number of hydrogen-bond acceptors (Lipinski definition) is 2. The van der Waals surface area contributed by atoms with Gasteiger partial charge in [0.2, 0.25) is 0 Å². The van der Waals surface area contributed by atoms with Gasteiger partial charge in [-0.1, -0.05) is 60.7 Å². The van der Waals surface area contributed by atoms with E-state index >= 15 is 0 Å². The minimum atomic E-state index is 0.987. The maximum atomic E-state index is 4.59. The predicted molar refractivity (Wildman–Crippen MR) is 108 cm³/mol. The lowest BCUT2D eigenvalue weighted by atomic mass is 9.92. The first kappa shape index (κ1) is 14.8. The molecule has 0 unspecified atom stereocenters. The van der Waals surface area contributed by atoms with Crippen LogP contribution in [0.1, 0.15) is 0 Å². The highest BCUT2D eigenvalue weighted by molar-refractivity contribution is 6.18. The minimum absolute atomic E-state index is 0.987. The molecule has 0 aliphatic carbocycles. The van der Waals surface area contributed by atoms with Gasteiger partial charge in [0.15, 0.2) is 0 Å². The summed E-state index contributed by atoms with van der Waals surface area (Å²) in [5, 5.41) is 4.88. The van der Waals surface area contributed by atoms with Crippen molar-refractivity contribution in [3.8, 4) is 22.5 Å². The summed E-state index contributed by atoms with van der Waals surface area (Å²) in [6, 6.07) is 29.3. The van der Waals surface area contributed by atoms with E-state index in [1.54, 1.807) is 0 Å². The third-order valence-corrected chi connectivity index (χ3v) is 4.77. The van der Waals surface area contributed by atoms with Gasteiger partial charge in [0.05, 0.1) is 11.4 Å². The van der Waals surface area contributed by atoms with Crippen molar-refractivity contribution in [2.45, 2.75) is 0 Å². The van der Waals surface area contributed by atoms with Gasteiger partial charge >= 0.3 is 0 Å². The van der Waals surface area contributed by atoms with Crippen LogP contribution in [0.3, 0.4) is 0 Å². The molecule has 0 aliphatic heterocycles. The normalized spacial score (nSPS) is 11.1. The topological polar surface area (TPSA) is 25.8 Å². The number of hydrogen-bond donors (Lipinski definition) is 0. The molecule has 2 heteroatoms. The quantitative estimate of drug-likeness (QED) is 0.364. The molecule has 122 valence electrons. The van der Waals surface area contributed by atoms with E-state index in [1.807, 2.05) is 36.7 Å². The molecule has 0 N–H and O–H groups in total. The Bertz CT molecular complexity index is 1110. The molecule has 5 aromatic rings. The van der Waals surface area contributed by atoms with Crippen LogP contribution in [-0.4, -0.2) is 9.97 Å². The first-order valence-electron chi connectivity index (χ1n) is 8.69. The summed E-state index contributed by atoms with van der Waals surface area (Å²) < 4.78 is 0. The largest absolute Gasteiger partial charge is 0.256 e. The number of pyridine rings is 2. The van der Waals surface area contributed by atoms with Crippen LogP contribution in [0.4, 0.5) is 0 Å². The smallest absolute Gasteiger partial charge is 0.0708 e. The fourth-order valence-electron chi connectivity index (χ4n) is 3.63. The van der Waals surface area contributed by atoms with E-state index in [1.165, 1.54) is 21.5 Å². The van der Waals surface area contributed by atoms with Gasteiger partial charge in [-0.25, -0.2) is 0 Å². The molecule has 0 amide bonds. The van der Waals surface area contributed by atoms with Crippen LogP contribution >= 0.6 is 0 Å². The molecule has 0 spiro atoms. The SMILES string of the molecule is c1ccc(-c2cccc3ccc4cccc(-c5ccccn5)c4c23)nc1. The summed E-state index contributed by atoms with van der Waals surface area (Å²) in [7, 11) is 0. The van der Waals surface area contributed by atoms with Crippen LogP contribution in [0, 0.1) is 0 Å². The summed E-state index contributed by atoms with van der Waals surface area (Å²) in [4.78, 5) is 9.19. The van der Waals surface area contributed by atoms with Crippen LogP contribution in [0.25, 0.3) is 44.1 Å². The maximum absolute atomic E-state index is 4.59. The van der Waals surface area contributed by atoms with Crippen molar-refractivity contribution in [2.75, 3.05) is 0 Å². The molecule has 0 radical (unpaired) electrons. The Kier molecular flexibility index (Phi) is 3.46. The molecule has 2 aromatic heterocycles. The molecule has 0 saturated heterocycles. The Morgan fingerprint density at radius 1 is 0.423 bits per heavy atom. The zero-order valence-electron chi connectivity index (χ0n) is 14.1. The van der Waals surface area contributed by atoms with E-state index in [9.17, 15) is 0 Å². The summed E-state index contributed by atoms with van der Waals surface area (Å²) in [5.74, 6) is 0. The van der Waals surface area contributed by atoms with Gasteiger partial charge < -0.3 is 0 Å². The summed E-state index contributed by atoms with van der Waals surface area (Å²) in [6.07, 6.45) is 3.69. The van der Waals surface area contributed by atoms with Gasteiger partial charge in [-0.2, -0.15) is 0 Å². The highest BCUT2D eigenvalue weighted by atomic mass is 14.7. The zero-order valence-corrected chi connectivity index (χ0v) is 14.1. The van der Waals surface area contributed by atoms with Gasteiger partial charge in [-0.15, -0.1) is 0 Å². The zero-order chi connectivity index (χ0) is 17.3. The second-order valence-electron chi connectivity index (χ2n) is 6.30. The van der Waals surface area contributed by atoms with Crippen LogP contribution in [-0.2, 0) is 0 Å². The summed E-state index contributed by atoms with van der Waals surface area (Å²) in [5.41, 5.74) is 4.28. The van der Waals surface area contributed by atoms with Crippen molar-refractivity contribution in [1.29, 1.82) is 0 Å². The number of rotatable bonds is 2. The van der Waals surface area contributed by atoms with Crippen molar-refractivity contribution in [3.63, 3.8) is 0 Å². The lowest BCUT2D eigenvalue weighted by Crippen LogP contribution is -1.89. The van der Waals surface area contributed by atoms with Crippen LogP contribution in [0.15, 0.2) is 97.3 Å². The average molecular weight is 332 g/mol.